The van der Waals surface area contributed by atoms with E-state index in [1.807, 2.05) is 16.7 Å². The van der Waals surface area contributed by atoms with Gasteiger partial charge in [-0.05, 0) is 19.4 Å². The molecule has 2 saturated heterocycles. The van der Waals surface area contributed by atoms with Crippen LogP contribution in [0.25, 0.3) is 0 Å². The predicted octanol–water partition coefficient (Wildman–Crippen LogP) is 0.702. The van der Waals surface area contributed by atoms with E-state index in [0.717, 1.165) is 38.2 Å². The normalized spacial score (nSPS) is 33.4. The van der Waals surface area contributed by atoms with E-state index in [1.54, 1.807) is 0 Å². The topological polar surface area (TPSA) is 32.3 Å². The number of nitrogens with one attached hydrogen (secondary N) is 1. The summed E-state index contributed by atoms with van der Waals surface area (Å²) in [6.45, 7) is 5.08. The summed E-state index contributed by atoms with van der Waals surface area (Å²) in [6.07, 6.45) is 2.17. The van der Waals surface area contributed by atoms with Crippen LogP contribution in [-0.4, -0.2) is 47.5 Å². The molecule has 0 saturated carbocycles. The Morgan fingerprint density at radius 3 is 3.07 bits per heavy atom. The third kappa shape index (κ3) is 2.23. The highest BCUT2D eigenvalue weighted by atomic mass is 32.2. The molecule has 0 aromatic rings. The van der Waals surface area contributed by atoms with Crippen LogP contribution in [0, 0.1) is 0 Å². The molecule has 2 fully saturated rings. The van der Waals surface area contributed by atoms with Gasteiger partial charge >= 0.3 is 0 Å². The zero-order chi connectivity index (χ0) is 9.97. The second kappa shape index (κ2) is 4.53. The first-order valence-electron chi connectivity index (χ1n) is 5.41. The predicted molar refractivity (Wildman–Crippen MR) is 59.5 cm³/mol. The molecule has 0 aromatic carbocycles. The van der Waals surface area contributed by atoms with Gasteiger partial charge in [0.05, 0.1) is 6.04 Å². The van der Waals surface area contributed by atoms with Gasteiger partial charge in [-0.15, -0.1) is 0 Å². The lowest BCUT2D eigenvalue weighted by atomic mass is 10.2. The fourth-order valence-electron chi connectivity index (χ4n) is 2.13. The van der Waals surface area contributed by atoms with E-state index < -0.39 is 0 Å². The Labute approximate surface area is 89.6 Å². The second-order valence-electron chi connectivity index (χ2n) is 4.11. The molecule has 0 radical (unpaired) electrons. The highest BCUT2D eigenvalue weighted by Gasteiger charge is 2.29. The number of hydrogen-bond acceptors (Lipinski definition) is 3. The van der Waals surface area contributed by atoms with Crippen molar-refractivity contribution in [2.75, 3.05) is 25.4 Å². The highest BCUT2D eigenvalue weighted by molar-refractivity contribution is 7.99. The van der Waals surface area contributed by atoms with Gasteiger partial charge in [0, 0.05) is 24.1 Å². The van der Waals surface area contributed by atoms with Crippen LogP contribution in [-0.2, 0) is 4.79 Å². The SMILES string of the molecule is CC1CN(C(=O)C2CCCN2)CCS1. The lowest BCUT2D eigenvalue weighted by Crippen LogP contribution is -2.48. The minimum atomic E-state index is 0.116. The Morgan fingerprint density at radius 2 is 2.43 bits per heavy atom. The van der Waals surface area contributed by atoms with Crippen molar-refractivity contribution in [3.05, 3.63) is 0 Å². The molecule has 4 heteroatoms. The largest absolute Gasteiger partial charge is 0.339 e. The van der Waals surface area contributed by atoms with Gasteiger partial charge in [0.1, 0.15) is 0 Å². The molecule has 1 amide bonds. The van der Waals surface area contributed by atoms with E-state index in [2.05, 4.69) is 12.2 Å². The molecule has 2 rings (SSSR count). The van der Waals surface area contributed by atoms with Crippen LogP contribution in [0.15, 0.2) is 0 Å². The van der Waals surface area contributed by atoms with Crippen molar-refractivity contribution >= 4 is 17.7 Å². The molecule has 3 nitrogen and oxygen atoms in total. The van der Waals surface area contributed by atoms with Gasteiger partial charge in [-0.1, -0.05) is 6.92 Å². The average molecular weight is 214 g/mol. The molecule has 2 heterocycles. The third-order valence-corrected chi connectivity index (χ3v) is 4.05. The first kappa shape index (κ1) is 10.3. The molecule has 1 N–H and O–H groups in total. The number of hydrogen-bond donors (Lipinski definition) is 1. The van der Waals surface area contributed by atoms with Crippen molar-refractivity contribution in [2.24, 2.45) is 0 Å². The van der Waals surface area contributed by atoms with E-state index in [9.17, 15) is 4.79 Å². The number of carbonyl (C=O) groups is 1. The van der Waals surface area contributed by atoms with E-state index in [1.165, 1.54) is 0 Å². The van der Waals surface area contributed by atoms with Gasteiger partial charge in [-0.2, -0.15) is 11.8 Å². The van der Waals surface area contributed by atoms with Crippen LogP contribution in [0.1, 0.15) is 19.8 Å². The van der Waals surface area contributed by atoms with Crippen molar-refractivity contribution in [1.29, 1.82) is 0 Å². The maximum atomic E-state index is 12.0. The maximum Gasteiger partial charge on any atom is 0.239 e. The maximum absolute atomic E-state index is 12.0. The fraction of sp³-hybridized carbons (Fsp3) is 0.900. The van der Waals surface area contributed by atoms with E-state index >= 15 is 0 Å². The first-order valence-corrected chi connectivity index (χ1v) is 6.46. The number of amides is 1. The van der Waals surface area contributed by atoms with Gasteiger partial charge < -0.3 is 10.2 Å². The number of thioether (sulfide) groups is 1. The molecular formula is C10H18N2OS. The van der Waals surface area contributed by atoms with Gasteiger partial charge in [-0.3, -0.25) is 4.79 Å². The van der Waals surface area contributed by atoms with Crippen molar-refractivity contribution in [3.8, 4) is 0 Å². The minimum absolute atomic E-state index is 0.116. The summed E-state index contributed by atoms with van der Waals surface area (Å²) in [6, 6.07) is 0.116. The summed E-state index contributed by atoms with van der Waals surface area (Å²) in [5.74, 6) is 1.43. The van der Waals surface area contributed by atoms with Crippen LogP contribution >= 0.6 is 11.8 Å². The zero-order valence-electron chi connectivity index (χ0n) is 8.66. The molecule has 2 atom stereocenters. The molecule has 0 bridgehead atoms. The minimum Gasteiger partial charge on any atom is -0.339 e. The summed E-state index contributed by atoms with van der Waals surface area (Å²) in [5.41, 5.74) is 0. The molecule has 0 spiro atoms. The monoisotopic (exact) mass is 214 g/mol. The van der Waals surface area contributed by atoms with E-state index in [0.29, 0.717) is 11.2 Å². The van der Waals surface area contributed by atoms with Gasteiger partial charge in [-0.25, -0.2) is 0 Å². The molecule has 2 aliphatic rings. The molecule has 2 unspecified atom stereocenters. The van der Waals surface area contributed by atoms with Crippen molar-refractivity contribution in [2.45, 2.75) is 31.1 Å². The van der Waals surface area contributed by atoms with Crippen molar-refractivity contribution in [3.63, 3.8) is 0 Å². The highest BCUT2D eigenvalue weighted by Crippen LogP contribution is 2.19. The van der Waals surface area contributed by atoms with Crippen molar-refractivity contribution in [1.82, 2.24) is 10.2 Å². The quantitative estimate of drug-likeness (QED) is 0.697. The Morgan fingerprint density at radius 1 is 1.57 bits per heavy atom. The molecular weight excluding hydrogens is 196 g/mol. The Kier molecular flexibility index (Phi) is 3.34. The summed E-state index contributed by atoms with van der Waals surface area (Å²) < 4.78 is 0. The second-order valence-corrected chi connectivity index (χ2v) is 5.66. The Hall–Kier alpha value is -0.220. The number of carbonyl (C=O) groups excluding carboxylic acids is 1. The molecule has 14 heavy (non-hydrogen) atoms. The zero-order valence-corrected chi connectivity index (χ0v) is 9.48. The lowest BCUT2D eigenvalue weighted by Gasteiger charge is -2.32. The molecule has 2 aliphatic heterocycles. The van der Waals surface area contributed by atoms with Gasteiger partial charge in [0.15, 0.2) is 0 Å². The lowest BCUT2D eigenvalue weighted by molar-refractivity contribution is -0.132. The van der Waals surface area contributed by atoms with Crippen LogP contribution < -0.4 is 5.32 Å². The van der Waals surface area contributed by atoms with Gasteiger partial charge in [0.25, 0.3) is 0 Å². The Bertz CT molecular complexity index is 216. The fourth-order valence-corrected chi connectivity index (χ4v) is 3.15. The van der Waals surface area contributed by atoms with E-state index in [-0.39, 0.29) is 6.04 Å². The molecule has 0 aliphatic carbocycles. The third-order valence-electron chi connectivity index (χ3n) is 2.91. The molecule has 0 aromatic heterocycles. The van der Waals surface area contributed by atoms with Crippen LogP contribution in [0.5, 0.6) is 0 Å². The number of rotatable bonds is 1. The molecule has 80 valence electrons. The smallest absolute Gasteiger partial charge is 0.239 e. The number of nitrogens with zero attached hydrogens (tertiary/aromatic N) is 1. The van der Waals surface area contributed by atoms with Gasteiger partial charge in [0.2, 0.25) is 5.91 Å². The summed E-state index contributed by atoms with van der Waals surface area (Å²) in [7, 11) is 0. The summed E-state index contributed by atoms with van der Waals surface area (Å²) in [4.78, 5) is 14.0. The Balaban J connectivity index is 1.89. The summed E-state index contributed by atoms with van der Waals surface area (Å²) in [5, 5.41) is 3.88. The van der Waals surface area contributed by atoms with Crippen molar-refractivity contribution < 1.29 is 4.79 Å². The van der Waals surface area contributed by atoms with Crippen LogP contribution in [0.3, 0.4) is 0 Å². The first-order chi connectivity index (χ1) is 6.77. The summed E-state index contributed by atoms with van der Waals surface area (Å²) >= 11 is 1.97. The standard InChI is InChI=1S/C10H18N2OS/c1-8-7-12(5-6-14-8)10(13)9-3-2-4-11-9/h8-9,11H,2-7H2,1H3. The van der Waals surface area contributed by atoms with Crippen LogP contribution in [0.2, 0.25) is 0 Å². The van der Waals surface area contributed by atoms with Crippen LogP contribution in [0.4, 0.5) is 0 Å². The van der Waals surface area contributed by atoms with E-state index in [4.69, 9.17) is 0 Å². The average Bonchev–Trinajstić information content (AvgIpc) is 2.69.